The van der Waals surface area contributed by atoms with E-state index in [0.29, 0.717) is 0 Å². The molecule has 2 rings (SSSR count). The molecule has 126 valence electrons. The van der Waals surface area contributed by atoms with Gasteiger partial charge in [0.15, 0.2) is 0 Å². The Morgan fingerprint density at radius 2 is 1.67 bits per heavy atom. The van der Waals surface area contributed by atoms with Crippen LogP contribution in [-0.4, -0.2) is 23.0 Å². The molecule has 0 saturated carbocycles. The highest BCUT2D eigenvalue weighted by atomic mass is 19.1. The summed E-state index contributed by atoms with van der Waals surface area (Å²) in [6.07, 6.45) is -0.475. The molecule has 0 aliphatic rings. The minimum atomic E-state index is -1.21. The second-order valence-corrected chi connectivity index (χ2v) is 5.53. The van der Waals surface area contributed by atoms with Gasteiger partial charge in [0.25, 0.3) is 0 Å². The molecule has 0 radical (unpaired) electrons. The second-order valence-electron chi connectivity index (χ2n) is 5.53. The number of aryl methyl sites for hydroxylation is 1. The summed E-state index contributed by atoms with van der Waals surface area (Å²) in [6, 6.07) is 9.34. The number of amides is 1. The van der Waals surface area contributed by atoms with Crippen molar-refractivity contribution in [3.05, 3.63) is 70.8 Å². The smallest absolute Gasteiger partial charge is 0.326 e. The first-order chi connectivity index (χ1) is 11.4. The molecule has 0 saturated heterocycles. The SMILES string of the molecule is Cc1ccc(C[C@@H](NC(=O)Cc2c(F)cccc2F)C(=O)O)cc1. The molecule has 0 heterocycles. The Morgan fingerprint density at radius 3 is 2.21 bits per heavy atom. The van der Waals surface area contributed by atoms with Gasteiger partial charge in [0, 0.05) is 12.0 Å². The van der Waals surface area contributed by atoms with Gasteiger partial charge in [-0.3, -0.25) is 4.79 Å². The fourth-order valence-corrected chi connectivity index (χ4v) is 2.27. The zero-order valence-electron chi connectivity index (χ0n) is 13.1. The van der Waals surface area contributed by atoms with Gasteiger partial charge in [0.05, 0.1) is 6.42 Å². The van der Waals surface area contributed by atoms with Gasteiger partial charge >= 0.3 is 5.97 Å². The first-order valence-corrected chi connectivity index (χ1v) is 7.37. The lowest BCUT2D eigenvalue weighted by Crippen LogP contribution is -2.43. The van der Waals surface area contributed by atoms with Crippen LogP contribution in [0.2, 0.25) is 0 Å². The van der Waals surface area contributed by atoms with Crippen LogP contribution in [0.3, 0.4) is 0 Å². The van der Waals surface area contributed by atoms with E-state index in [9.17, 15) is 23.5 Å². The maximum absolute atomic E-state index is 13.6. The van der Waals surface area contributed by atoms with Crippen molar-refractivity contribution in [3.63, 3.8) is 0 Å². The third kappa shape index (κ3) is 4.62. The van der Waals surface area contributed by atoms with Crippen LogP contribution in [0.1, 0.15) is 16.7 Å². The number of nitrogens with one attached hydrogen (secondary N) is 1. The number of carboxylic acid groups (broad SMARTS) is 1. The number of carbonyl (C=O) groups is 2. The van der Waals surface area contributed by atoms with Gasteiger partial charge in [0.2, 0.25) is 5.91 Å². The minimum Gasteiger partial charge on any atom is -0.480 e. The summed E-state index contributed by atoms with van der Waals surface area (Å²) in [5, 5.41) is 11.6. The lowest BCUT2D eigenvalue weighted by atomic mass is 10.0. The Bertz CT molecular complexity index is 724. The molecule has 0 aliphatic heterocycles. The number of carboxylic acids is 1. The van der Waals surface area contributed by atoms with E-state index in [1.54, 1.807) is 12.1 Å². The molecule has 0 bridgehead atoms. The zero-order valence-corrected chi connectivity index (χ0v) is 13.1. The third-order valence-corrected chi connectivity index (χ3v) is 3.59. The molecule has 24 heavy (non-hydrogen) atoms. The summed E-state index contributed by atoms with van der Waals surface area (Å²) >= 11 is 0. The molecule has 0 aliphatic carbocycles. The van der Waals surface area contributed by atoms with Crippen LogP contribution in [0.15, 0.2) is 42.5 Å². The van der Waals surface area contributed by atoms with Crippen molar-refractivity contribution in [2.24, 2.45) is 0 Å². The average molecular weight is 333 g/mol. The van der Waals surface area contributed by atoms with E-state index in [4.69, 9.17) is 0 Å². The maximum atomic E-state index is 13.6. The highest BCUT2D eigenvalue weighted by Gasteiger charge is 2.22. The second kappa shape index (κ2) is 7.68. The fourth-order valence-electron chi connectivity index (χ4n) is 2.27. The molecule has 0 aromatic heterocycles. The summed E-state index contributed by atoms with van der Waals surface area (Å²) in [5.41, 5.74) is 1.39. The predicted molar refractivity (Wildman–Crippen MR) is 84.5 cm³/mol. The van der Waals surface area contributed by atoms with Crippen molar-refractivity contribution < 1.29 is 23.5 Å². The van der Waals surface area contributed by atoms with Crippen LogP contribution in [0.25, 0.3) is 0 Å². The number of benzene rings is 2. The van der Waals surface area contributed by atoms with Crippen molar-refractivity contribution in [1.82, 2.24) is 5.32 Å². The zero-order chi connectivity index (χ0) is 17.7. The maximum Gasteiger partial charge on any atom is 0.326 e. The van der Waals surface area contributed by atoms with Crippen LogP contribution in [0, 0.1) is 18.6 Å². The third-order valence-electron chi connectivity index (χ3n) is 3.59. The van der Waals surface area contributed by atoms with Crippen LogP contribution in [0.5, 0.6) is 0 Å². The van der Waals surface area contributed by atoms with Crippen LogP contribution in [-0.2, 0) is 22.4 Å². The minimum absolute atomic E-state index is 0.0844. The van der Waals surface area contributed by atoms with Gasteiger partial charge in [-0.25, -0.2) is 13.6 Å². The molecule has 0 unspecified atom stereocenters. The quantitative estimate of drug-likeness (QED) is 0.854. The Labute approximate surface area is 138 Å². The first-order valence-electron chi connectivity index (χ1n) is 7.37. The summed E-state index contributed by atoms with van der Waals surface area (Å²) in [4.78, 5) is 23.3. The number of aliphatic carboxylic acids is 1. The molecule has 0 spiro atoms. The van der Waals surface area contributed by atoms with Crippen LogP contribution < -0.4 is 5.32 Å². The summed E-state index contributed by atoms with van der Waals surface area (Å²) in [6.45, 7) is 1.91. The first kappa shape index (κ1) is 17.6. The van der Waals surface area contributed by atoms with Crippen molar-refractivity contribution in [2.45, 2.75) is 25.8 Å². The Kier molecular flexibility index (Phi) is 5.63. The topological polar surface area (TPSA) is 66.4 Å². The van der Waals surface area contributed by atoms with Crippen molar-refractivity contribution >= 4 is 11.9 Å². The number of carbonyl (C=O) groups excluding carboxylic acids is 1. The normalized spacial score (nSPS) is 11.8. The van der Waals surface area contributed by atoms with E-state index in [1.165, 1.54) is 6.07 Å². The van der Waals surface area contributed by atoms with Gasteiger partial charge < -0.3 is 10.4 Å². The van der Waals surface area contributed by atoms with Crippen molar-refractivity contribution in [1.29, 1.82) is 0 Å². The number of hydrogen-bond acceptors (Lipinski definition) is 2. The van der Waals surface area contributed by atoms with Gasteiger partial charge in [0.1, 0.15) is 17.7 Å². The van der Waals surface area contributed by atoms with Gasteiger partial charge in [-0.1, -0.05) is 35.9 Å². The predicted octanol–water partition coefficient (Wildman–Crippen LogP) is 2.63. The summed E-state index contributed by atoms with van der Waals surface area (Å²) in [5.74, 6) is -3.64. The number of hydrogen-bond donors (Lipinski definition) is 2. The highest BCUT2D eigenvalue weighted by molar-refractivity contribution is 5.85. The van der Waals surface area contributed by atoms with Crippen LogP contribution >= 0.6 is 0 Å². The summed E-state index contributed by atoms with van der Waals surface area (Å²) < 4.78 is 27.1. The Morgan fingerprint density at radius 1 is 1.08 bits per heavy atom. The Balaban J connectivity index is 2.06. The standard InChI is InChI=1S/C18H17F2NO3/c1-11-5-7-12(8-6-11)9-16(18(23)24)21-17(22)10-13-14(19)3-2-4-15(13)20/h2-8,16H,9-10H2,1H3,(H,21,22)(H,23,24)/t16-/m1/s1. The molecule has 2 N–H and O–H groups in total. The lowest BCUT2D eigenvalue weighted by molar-refractivity contribution is -0.141. The number of halogens is 2. The highest BCUT2D eigenvalue weighted by Crippen LogP contribution is 2.13. The molecule has 1 atom stereocenters. The largest absolute Gasteiger partial charge is 0.480 e. The fraction of sp³-hybridized carbons (Fsp3) is 0.222. The molecule has 2 aromatic carbocycles. The number of rotatable bonds is 6. The van der Waals surface area contributed by atoms with E-state index in [-0.39, 0.29) is 12.0 Å². The van der Waals surface area contributed by atoms with E-state index in [1.807, 2.05) is 19.1 Å². The van der Waals surface area contributed by atoms with E-state index < -0.39 is 36.0 Å². The van der Waals surface area contributed by atoms with E-state index in [2.05, 4.69) is 5.32 Å². The van der Waals surface area contributed by atoms with Gasteiger partial charge in [-0.05, 0) is 24.6 Å². The Hall–Kier alpha value is -2.76. The van der Waals surface area contributed by atoms with E-state index >= 15 is 0 Å². The van der Waals surface area contributed by atoms with E-state index in [0.717, 1.165) is 23.3 Å². The van der Waals surface area contributed by atoms with Gasteiger partial charge in [-0.2, -0.15) is 0 Å². The van der Waals surface area contributed by atoms with Crippen molar-refractivity contribution in [2.75, 3.05) is 0 Å². The molecular weight excluding hydrogens is 316 g/mol. The molecule has 6 heteroatoms. The molecule has 2 aromatic rings. The average Bonchev–Trinajstić information content (AvgIpc) is 2.52. The monoisotopic (exact) mass is 333 g/mol. The van der Waals surface area contributed by atoms with Crippen molar-refractivity contribution in [3.8, 4) is 0 Å². The molecule has 4 nitrogen and oxygen atoms in total. The molecule has 1 amide bonds. The molecule has 0 fully saturated rings. The lowest BCUT2D eigenvalue weighted by Gasteiger charge is -2.15. The van der Waals surface area contributed by atoms with Crippen LogP contribution in [0.4, 0.5) is 8.78 Å². The molecular formula is C18H17F2NO3. The van der Waals surface area contributed by atoms with Gasteiger partial charge in [-0.15, -0.1) is 0 Å². The summed E-state index contributed by atoms with van der Waals surface area (Å²) in [7, 11) is 0.